The largest absolute Gasteiger partial charge is 0.480 e. The molecule has 2 fully saturated rings. The molecular weight excluding hydrogens is 300 g/mol. The number of carboxylic acid groups (broad SMARTS) is 2. The van der Waals surface area contributed by atoms with Crippen LogP contribution in [0.4, 0.5) is 0 Å². The van der Waals surface area contributed by atoms with Gasteiger partial charge < -0.3 is 15.1 Å². The average Bonchev–Trinajstić information content (AvgIpc) is 3.15. The third-order valence-electron chi connectivity index (χ3n) is 4.84. The molecule has 7 heteroatoms. The lowest BCUT2D eigenvalue weighted by molar-refractivity contribution is -0.148. The molecule has 0 aromatic heterocycles. The van der Waals surface area contributed by atoms with E-state index in [-0.39, 0.29) is 11.9 Å². The van der Waals surface area contributed by atoms with E-state index < -0.39 is 18.0 Å². The van der Waals surface area contributed by atoms with Crippen LogP contribution in [0.5, 0.6) is 0 Å². The summed E-state index contributed by atoms with van der Waals surface area (Å²) in [5.41, 5.74) is 0. The van der Waals surface area contributed by atoms with Crippen LogP contribution in [0.3, 0.4) is 0 Å². The Labute approximate surface area is 136 Å². The summed E-state index contributed by atoms with van der Waals surface area (Å²) in [6, 6.07) is -0.999. The number of hydrogen-bond acceptors (Lipinski definition) is 4. The van der Waals surface area contributed by atoms with Crippen molar-refractivity contribution in [2.45, 2.75) is 63.5 Å². The van der Waals surface area contributed by atoms with E-state index in [1.165, 1.54) is 4.90 Å². The summed E-state index contributed by atoms with van der Waals surface area (Å²) in [5, 5.41) is 18.2. The van der Waals surface area contributed by atoms with E-state index in [1.807, 2.05) is 4.90 Å². The molecule has 1 amide bonds. The van der Waals surface area contributed by atoms with Crippen molar-refractivity contribution >= 4 is 17.8 Å². The summed E-state index contributed by atoms with van der Waals surface area (Å²) >= 11 is 0. The highest BCUT2D eigenvalue weighted by Crippen LogP contribution is 2.20. The number of hydrogen-bond donors (Lipinski definition) is 2. The Bertz CT molecular complexity index is 454. The molecule has 2 saturated heterocycles. The lowest BCUT2D eigenvalue weighted by Gasteiger charge is -2.22. The lowest BCUT2D eigenvalue weighted by Crippen LogP contribution is -2.40. The second-order valence-corrected chi connectivity index (χ2v) is 6.43. The van der Waals surface area contributed by atoms with Crippen LogP contribution >= 0.6 is 0 Å². The Hall–Kier alpha value is -1.63. The van der Waals surface area contributed by atoms with E-state index in [0.717, 1.165) is 51.6 Å². The molecule has 2 rings (SSSR count). The van der Waals surface area contributed by atoms with E-state index in [1.54, 1.807) is 0 Å². The molecule has 2 N–H and O–H groups in total. The van der Waals surface area contributed by atoms with Gasteiger partial charge in [-0.1, -0.05) is 6.42 Å². The quantitative estimate of drug-likeness (QED) is 0.650. The summed E-state index contributed by atoms with van der Waals surface area (Å²) in [6.07, 6.45) is 5.81. The van der Waals surface area contributed by atoms with E-state index in [0.29, 0.717) is 19.4 Å². The van der Waals surface area contributed by atoms with Crippen molar-refractivity contribution in [3.8, 4) is 0 Å². The van der Waals surface area contributed by atoms with E-state index in [4.69, 9.17) is 10.2 Å². The standard InChI is InChI=1S/C16H26N2O5/c19-14(18-11-5-7-13(18)16(22)23)8-2-1-3-9-17-10-4-6-12(17)15(20)21/h12-13H,1-11H2,(H,20,21)(H,22,23)/t12-,13-/m1/s1. The highest BCUT2D eigenvalue weighted by Gasteiger charge is 2.33. The Kier molecular flexibility index (Phi) is 6.38. The highest BCUT2D eigenvalue weighted by atomic mass is 16.4. The maximum atomic E-state index is 12.1. The molecule has 0 spiro atoms. The number of amides is 1. The maximum absolute atomic E-state index is 12.1. The zero-order valence-corrected chi connectivity index (χ0v) is 13.4. The number of carbonyl (C=O) groups is 3. The topological polar surface area (TPSA) is 98.2 Å². The molecule has 23 heavy (non-hydrogen) atoms. The molecular formula is C16H26N2O5. The number of unbranched alkanes of at least 4 members (excludes halogenated alkanes) is 2. The van der Waals surface area contributed by atoms with Crippen LogP contribution < -0.4 is 0 Å². The number of carboxylic acids is 2. The molecule has 0 aromatic rings. The van der Waals surface area contributed by atoms with Gasteiger partial charge in [-0.25, -0.2) is 4.79 Å². The van der Waals surface area contributed by atoms with Crippen molar-refractivity contribution in [1.29, 1.82) is 0 Å². The van der Waals surface area contributed by atoms with Gasteiger partial charge in [0.25, 0.3) is 0 Å². The molecule has 2 heterocycles. The van der Waals surface area contributed by atoms with Crippen LogP contribution in [-0.4, -0.2) is 69.6 Å². The molecule has 7 nitrogen and oxygen atoms in total. The van der Waals surface area contributed by atoms with Gasteiger partial charge in [0.2, 0.25) is 5.91 Å². The number of likely N-dealkylation sites (tertiary alicyclic amines) is 2. The molecule has 2 aliphatic rings. The van der Waals surface area contributed by atoms with Gasteiger partial charge in [0.15, 0.2) is 0 Å². The molecule has 2 atom stereocenters. The predicted octanol–water partition coefficient (Wildman–Crippen LogP) is 1.17. The van der Waals surface area contributed by atoms with Crippen LogP contribution in [0.15, 0.2) is 0 Å². The first kappa shape index (κ1) is 17.7. The van der Waals surface area contributed by atoms with Crippen LogP contribution in [0.2, 0.25) is 0 Å². The maximum Gasteiger partial charge on any atom is 0.326 e. The molecule has 0 aliphatic carbocycles. The minimum absolute atomic E-state index is 0.0699. The van der Waals surface area contributed by atoms with Gasteiger partial charge in [0.05, 0.1) is 0 Å². The normalized spacial score (nSPS) is 25.0. The molecule has 130 valence electrons. The Morgan fingerprint density at radius 3 is 2.22 bits per heavy atom. The van der Waals surface area contributed by atoms with Crippen molar-refractivity contribution in [3.05, 3.63) is 0 Å². The minimum atomic E-state index is -0.912. The van der Waals surface area contributed by atoms with Crippen molar-refractivity contribution in [2.75, 3.05) is 19.6 Å². The van der Waals surface area contributed by atoms with Gasteiger partial charge in [0, 0.05) is 13.0 Å². The molecule has 0 bridgehead atoms. The van der Waals surface area contributed by atoms with E-state index >= 15 is 0 Å². The molecule has 0 radical (unpaired) electrons. The summed E-state index contributed by atoms with van der Waals surface area (Å²) in [5.74, 6) is -1.73. The third-order valence-corrected chi connectivity index (χ3v) is 4.84. The first-order chi connectivity index (χ1) is 11.0. The first-order valence-electron chi connectivity index (χ1n) is 8.50. The van der Waals surface area contributed by atoms with Gasteiger partial charge in [-0.15, -0.1) is 0 Å². The summed E-state index contributed by atoms with van der Waals surface area (Å²) in [6.45, 7) is 2.14. The fourth-order valence-electron chi connectivity index (χ4n) is 3.61. The fourth-order valence-corrected chi connectivity index (χ4v) is 3.61. The Morgan fingerprint density at radius 2 is 1.52 bits per heavy atom. The number of rotatable bonds is 8. The Balaban J connectivity index is 1.63. The SMILES string of the molecule is O=C(O)[C@H]1CCCN1CCCCCC(=O)N1CCC[C@@H]1C(=O)O. The first-order valence-corrected chi connectivity index (χ1v) is 8.50. The highest BCUT2D eigenvalue weighted by molar-refractivity contribution is 5.84. The van der Waals surface area contributed by atoms with Gasteiger partial charge in [0.1, 0.15) is 12.1 Å². The minimum Gasteiger partial charge on any atom is -0.480 e. The van der Waals surface area contributed by atoms with Crippen molar-refractivity contribution in [2.24, 2.45) is 0 Å². The summed E-state index contributed by atoms with van der Waals surface area (Å²) in [7, 11) is 0. The van der Waals surface area contributed by atoms with Crippen molar-refractivity contribution < 1.29 is 24.6 Å². The van der Waals surface area contributed by atoms with Crippen LogP contribution in [0, 0.1) is 0 Å². The molecule has 0 unspecified atom stereocenters. The lowest BCUT2D eigenvalue weighted by atomic mass is 10.1. The van der Waals surface area contributed by atoms with Gasteiger partial charge in [-0.05, 0) is 51.6 Å². The van der Waals surface area contributed by atoms with Crippen LogP contribution in [0.25, 0.3) is 0 Å². The van der Waals surface area contributed by atoms with E-state index in [2.05, 4.69) is 0 Å². The number of nitrogens with zero attached hydrogens (tertiary/aromatic N) is 2. The smallest absolute Gasteiger partial charge is 0.326 e. The average molecular weight is 326 g/mol. The van der Waals surface area contributed by atoms with Gasteiger partial charge >= 0.3 is 11.9 Å². The molecule has 2 aliphatic heterocycles. The van der Waals surface area contributed by atoms with Gasteiger partial charge in [-0.3, -0.25) is 14.5 Å². The van der Waals surface area contributed by atoms with Crippen LogP contribution in [0.1, 0.15) is 51.4 Å². The Morgan fingerprint density at radius 1 is 0.870 bits per heavy atom. The van der Waals surface area contributed by atoms with E-state index in [9.17, 15) is 14.4 Å². The number of carbonyl (C=O) groups excluding carboxylic acids is 1. The molecule has 0 aromatic carbocycles. The predicted molar refractivity (Wildman–Crippen MR) is 83.1 cm³/mol. The van der Waals surface area contributed by atoms with Crippen molar-refractivity contribution in [1.82, 2.24) is 9.80 Å². The third kappa shape index (κ3) is 4.67. The van der Waals surface area contributed by atoms with Gasteiger partial charge in [-0.2, -0.15) is 0 Å². The monoisotopic (exact) mass is 326 g/mol. The summed E-state index contributed by atoms with van der Waals surface area (Å²) in [4.78, 5) is 37.8. The van der Waals surface area contributed by atoms with Crippen LogP contribution in [-0.2, 0) is 14.4 Å². The second kappa shape index (κ2) is 8.29. The summed E-state index contributed by atoms with van der Waals surface area (Å²) < 4.78 is 0. The number of aliphatic carboxylic acids is 2. The zero-order chi connectivity index (χ0) is 16.8. The zero-order valence-electron chi connectivity index (χ0n) is 13.4. The second-order valence-electron chi connectivity index (χ2n) is 6.43. The van der Waals surface area contributed by atoms with Crippen molar-refractivity contribution in [3.63, 3.8) is 0 Å². The molecule has 0 saturated carbocycles. The fraction of sp³-hybridized carbons (Fsp3) is 0.812.